The second-order valence-corrected chi connectivity index (χ2v) is 6.19. The molecule has 118 valence electrons. The minimum absolute atomic E-state index is 0.0893. The Labute approximate surface area is 130 Å². The molecule has 0 heterocycles. The van der Waals surface area contributed by atoms with Gasteiger partial charge in [-0.15, -0.1) is 0 Å². The van der Waals surface area contributed by atoms with Gasteiger partial charge >= 0.3 is 5.97 Å². The Kier molecular flexibility index (Phi) is 6.10. The van der Waals surface area contributed by atoms with Gasteiger partial charge in [0.1, 0.15) is 23.5 Å². The molecule has 1 N–H and O–H groups in total. The highest BCUT2D eigenvalue weighted by molar-refractivity contribution is 9.10. The van der Waals surface area contributed by atoms with Crippen LogP contribution in [0.2, 0.25) is 0 Å². The minimum atomic E-state index is -2.60. The lowest BCUT2D eigenvalue weighted by atomic mass is 10.1. The van der Waals surface area contributed by atoms with Crippen molar-refractivity contribution in [2.45, 2.75) is 39.4 Å². The summed E-state index contributed by atoms with van der Waals surface area (Å²) in [5.74, 6) is -1.04. The lowest BCUT2D eigenvalue weighted by Gasteiger charge is -2.21. The van der Waals surface area contributed by atoms with Crippen LogP contribution in [0, 0.1) is 0 Å². The zero-order valence-corrected chi connectivity index (χ0v) is 13.5. The maximum absolute atomic E-state index is 12.1. The number of phenols is 1. The van der Waals surface area contributed by atoms with Crippen LogP contribution in [0.15, 0.2) is 16.6 Å². The summed E-state index contributed by atoms with van der Waals surface area (Å²) in [6.07, 6.45) is -2.60. The van der Waals surface area contributed by atoms with Gasteiger partial charge in [0.15, 0.2) is 0 Å². The molecule has 0 bridgehead atoms. The summed E-state index contributed by atoms with van der Waals surface area (Å²) in [5.41, 5.74) is -0.549. The summed E-state index contributed by atoms with van der Waals surface area (Å²) in [6.45, 7) is 4.09. The Morgan fingerprint density at radius 3 is 2.52 bits per heavy atom. The molecular weight excluding hydrogens is 350 g/mol. The molecule has 0 aliphatic heterocycles. The van der Waals surface area contributed by atoms with Crippen LogP contribution in [-0.2, 0) is 16.1 Å². The first kappa shape index (κ1) is 17.8. The van der Waals surface area contributed by atoms with Crippen LogP contribution in [0.4, 0.5) is 8.78 Å². The van der Waals surface area contributed by atoms with E-state index in [1.807, 2.05) is 0 Å². The zero-order valence-electron chi connectivity index (χ0n) is 12.0. The van der Waals surface area contributed by atoms with Gasteiger partial charge in [-0.25, -0.2) is 13.6 Å². The van der Waals surface area contributed by atoms with Crippen molar-refractivity contribution in [3.05, 3.63) is 27.7 Å². The van der Waals surface area contributed by atoms with Crippen LogP contribution >= 0.6 is 15.9 Å². The van der Waals surface area contributed by atoms with Gasteiger partial charge in [-0.2, -0.15) is 0 Å². The van der Waals surface area contributed by atoms with E-state index in [0.717, 1.165) is 0 Å². The van der Waals surface area contributed by atoms with Gasteiger partial charge < -0.3 is 14.6 Å². The van der Waals surface area contributed by atoms with Gasteiger partial charge in [0, 0.05) is 0 Å². The Bertz CT molecular complexity index is 512. The molecule has 7 heteroatoms. The average molecular weight is 367 g/mol. The summed E-state index contributed by atoms with van der Waals surface area (Å²) >= 11 is 3.10. The van der Waals surface area contributed by atoms with Crippen molar-refractivity contribution in [1.82, 2.24) is 0 Å². The predicted molar refractivity (Wildman–Crippen MR) is 76.6 cm³/mol. The van der Waals surface area contributed by atoms with E-state index in [2.05, 4.69) is 15.9 Å². The molecule has 0 fully saturated rings. The van der Waals surface area contributed by atoms with E-state index in [9.17, 15) is 18.7 Å². The number of carbonyl (C=O) groups is 1. The molecule has 0 saturated carbocycles. The molecule has 0 saturated heterocycles. The number of halogens is 3. The van der Waals surface area contributed by atoms with Crippen LogP contribution in [0.25, 0.3) is 0 Å². The number of esters is 1. The highest BCUT2D eigenvalue weighted by Crippen LogP contribution is 2.32. The van der Waals surface area contributed by atoms with Crippen LogP contribution in [0.1, 0.15) is 36.7 Å². The van der Waals surface area contributed by atoms with E-state index in [4.69, 9.17) is 9.47 Å². The summed E-state index contributed by atoms with van der Waals surface area (Å²) in [6, 6.07) is 3.01. The maximum atomic E-state index is 12.1. The quantitative estimate of drug-likeness (QED) is 0.803. The SMILES string of the molecule is CC(C)(C)OC(=O)c1c(COCC(F)F)ccc(Br)c1O. The van der Waals surface area contributed by atoms with Gasteiger partial charge in [-0.05, 0) is 48.3 Å². The molecule has 0 atom stereocenters. The van der Waals surface area contributed by atoms with E-state index >= 15 is 0 Å². The Morgan fingerprint density at radius 1 is 1.38 bits per heavy atom. The molecular formula is C14H17BrF2O4. The number of benzene rings is 1. The van der Waals surface area contributed by atoms with E-state index in [1.165, 1.54) is 12.1 Å². The molecule has 0 unspecified atom stereocenters. The fourth-order valence-corrected chi connectivity index (χ4v) is 1.87. The lowest BCUT2D eigenvalue weighted by Crippen LogP contribution is -2.25. The highest BCUT2D eigenvalue weighted by atomic mass is 79.9. The van der Waals surface area contributed by atoms with E-state index < -0.39 is 24.6 Å². The van der Waals surface area contributed by atoms with Crippen molar-refractivity contribution in [2.24, 2.45) is 0 Å². The number of alkyl halides is 2. The summed E-state index contributed by atoms with van der Waals surface area (Å²) in [4.78, 5) is 12.1. The van der Waals surface area contributed by atoms with Crippen LogP contribution in [0.3, 0.4) is 0 Å². The number of carbonyl (C=O) groups excluding carboxylic acids is 1. The number of hydrogen-bond donors (Lipinski definition) is 1. The van der Waals surface area contributed by atoms with E-state index in [1.54, 1.807) is 20.8 Å². The minimum Gasteiger partial charge on any atom is -0.506 e. The van der Waals surface area contributed by atoms with E-state index in [0.29, 0.717) is 4.47 Å². The molecule has 0 amide bonds. The molecule has 0 spiro atoms. The number of rotatable bonds is 5. The van der Waals surface area contributed by atoms with E-state index in [-0.39, 0.29) is 23.5 Å². The molecule has 4 nitrogen and oxygen atoms in total. The van der Waals surface area contributed by atoms with Gasteiger partial charge in [-0.1, -0.05) is 6.07 Å². The summed E-state index contributed by atoms with van der Waals surface area (Å²) in [5, 5.41) is 10.0. The maximum Gasteiger partial charge on any atom is 0.342 e. The van der Waals surface area contributed by atoms with Crippen LogP contribution in [0.5, 0.6) is 5.75 Å². The largest absolute Gasteiger partial charge is 0.506 e. The lowest BCUT2D eigenvalue weighted by molar-refractivity contribution is 0.00329. The Hall–Kier alpha value is -1.21. The average Bonchev–Trinajstić information content (AvgIpc) is 2.31. The van der Waals surface area contributed by atoms with Crippen molar-refractivity contribution in [2.75, 3.05) is 6.61 Å². The van der Waals surface area contributed by atoms with Gasteiger partial charge in [0.2, 0.25) is 0 Å². The first-order valence-corrected chi connectivity index (χ1v) is 7.00. The van der Waals surface area contributed by atoms with Crippen LogP contribution in [-0.4, -0.2) is 29.7 Å². The van der Waals surface area contributed by atoms with Crippen molar-refractivity contribution >= 4 is 21.9 Å². The highest BCUT2D eigenvalue weighted by Gasteiger charge is 2.25. The van der Waals surface area contributed by atoms with Crippen LogP contribution < -0.4 is 0 Å². The summed E-state index contributed by atoms with van der Waals surface area (Å²) in [7, 11) is 0. The van der Waals surface area contributed by atoms with Crippen molar-refractivity contribution in [3.8, 4) is 5.75 Å². The van der Waals surface area contributed by atoms with Crippen molar-refractivity contribution in [1.29, 1.82) is 0 Å². The third-order valence-corrected chi connectivity index (χ3v) is 2.96. The fourth-order valence-electron chi connectivity index (χ4n) is 1.54. The molecule has 21 heavy (non-hydrogen) atoms. The molecule has 0 aromatic heterocycles. The van der Waals surface area contributed by atoms with Gasteiger partial charge in [-0.3, -0.25) is 0 Å². The normalized spacial score (nSPS) is 11.8. The Balaban J connectivity index is 3.03. The topological polar surface area (TPSA) is 55.8 Å². The van der Waals surface area contributed by atoms with Crippen molar-refractivity contribution in [3.63, 3.8) is 0 Å². The summed E-state index contributed by atoms with van der Waals surface area (Å²) < 4.78 is 34.5. The molecule has 0 radical (unpaired) electrons. The monoisotopic (exact) mass is 366 g/mol. The second kappa shape index (κ2) is 7.17. The molecule has 1 rings (SSSR count). The molecule has 0 aliphatic carbocycles. The van der Waals surface area contributed by atoms with Gasteiger partial charge in [0.25, 0.3) is 6.43 Å². The molecule has 1 aromatic rings. The number of hydrogen-bond acceptors (Lipinski definition) is 4. The standard InChI is InChI=1S/C14H17BrF2O4/c1-14(2,3)21-13(19)11-8(6-20-7-10(16)17)4-5-9(15)12(11)18/h4-5,10,18H,6-7H2,1-3H3. The first-order valence-electron chi connectivity index (χ1n) is 6.21. The smallest absolute Gasteiger partial charge is 0.342 e. The molecule has 1 aromatic carbocycles. The number of aromatic hydroxyl groups is 1. The Morgan fingerprint density at radius 2 is 2.00 bits per heavy atom. The number of phenolic OH excluding ortho intramolecular Hbond substituents is 1. The first-order chi connectivity index (χ1) is 9.61. The third kappa shape index (κ3) is 5.59. The molecule has 0 aliphatic rings. The van der Waals surface area contributed by atoms with Gasteiger partial charge in [0.05, 0.1) is 11.1 Å². The van der Waals surface area contributed by atoms with Crippen molar-refractivity contribution < 1.29 is 28.2 Å². The zero-order chi connectivity index (χ0) is 16.2. The predicted octanol–water partition coefficient (Wildman–Crippen LogP) is 3.89. The second-order valence-electron chi connectivity index (χ2n) is 5.34. The fraction of sp³-hybridized carbons (Fsp3) is 0.500. The third-order valence-electron chi connectivity index (χ3n) is 2.32. The number of ether oxygens (including phenoxy) is 2.